The maximum Gasteiger partial charge on any atom is 0.466 e. The lowest BCUT2D eigenvalue weighted by Crippen LogP contribution is -2.05. The summed E-state index contributed by atoms with van der Waals surface area (Å²) in [4.78, 5) is 32.4. The zero-order valence-electron chi connectivity index (χ0n) is 10.4. The Bertz CT molecular complexity index is 379. The molecule has 0 aromatic heterocycles. The van der Waals surface area contributed by atoms with Crippen LogP contribution in [-0.2, 0) is 18.8 Å². The third kappa shape index (κ3) is 8.88. The Labute approximate surface area is 109 Å². The van der Waals surface area contributed by atoms with Gasteiger partial charge in [-0.2, -0.15) is 0 Å². The Morgan fingerprint density at radius 1 is 1.16 bits per heavy atom. The smallest absolute Gasteiger partial charge is 0.466 e. The van der Waals surface area contributed by atoms with Crippen LogP contribution in [0.15, 0.2) is 11.1 Å². The summed E-state index contributed by atoms with van der Waals surface area (Å²) in [6.07, 6.45) is 1.99. The molecular formula is C10H17O8P. The topological polar surface area (TPSA) is 140 Å². The SMILES string of the molecule is CC(C(=O)O)=C(CC1CO1)CC1CO1.O=P(O)(O)O. The third-order valence-electron chi connectivity index (χ3n) is 2.60. The molecule has 2 fully saturated rings. The monoisotopic (exact) mass is 296 g/mol. The van der Waals surface area contributed by atoms with Gasteiger partial charge in [-0.15, -0.1) is 0 Å². The molecule has 110 valence electrons. The minimum absolute atomic E-state index is 0.248. The molecule has 19 heavy (non-hydrogen) atoms. The molecule has 2 rings (SSSR count). The molecule has 0 bridgehead atoms. The number of epoxide rings is 2. The number of hydrogen-bond acceptors (Lipinski definition) is 4. The standard InChI is InChI=1S/C10H14O4.H3O4P/c1-6(10(11)12)7(2-8-4-13-8)3-9-5-14-9;1-5(2,3)4/h8-9H,2-5H2,1H3,(H,11,12);(H3,1,2,3,4). The van der Waals surface area contributed by atoms with Gasteiger partial charge in [0.1, 0.15) is 0 Å². The number of ether oxygens (including phenoxy) is 2. The Kier molecular flexibility index (Phi) is 5.66. The molecule has 0 saturated carbocycles. The number of carbonyl (C=O) groups is 1. The van der Waals surface area contributed by atoms with E-state index in [1.54, 1.807) is 6.92 Å². The lowest BCUT2D eigenvalue weighted by molar-refractivity contribution is -0.132. The van der Waals surface area contributed by atoms with Crippen LogP contribution in [0.25, 0.3) is 0 Å². The zero-order chi connectivity index (χ0) is 14.6. The van der Waals surface area contributed by atoms with Crippen LogP contribution >= 0.6 is 7.82 Å². The highest BCUT2D eigenvalue weighted by Crippen LogP contribution is 2.28. The predicted molar refractivity (Wildman–Crippen MR) is 63.3 cm³/mol. The largest absolute Gasteiger partial charge is 0.478 e. The summed E-state index contributed by atoms with van der Waals surface area (Å²) < 4.78 is 19.1. The number of carboxylic acid groups (broad SMARTS) is 1. The number of hydrogen-bond donors (Lipinski definition) is 4. The minimum Gasteiger partial charge on any atom is -0.478 e. The molecule has 0 aromatic rings. The van der Waals surface area contributed by atoms with E-state index in [0.29, 0.717) is 5.57 Å². The fourth-order valence-electron chi connectivity index (χ4n) is 1.46. The van der Waals surface area contributed by atoms with Gasteiger partial charge in [-0.25, -0.2) is 9.36 Å². The molecule has 8 nitrogen and oxygen atoms in total. The Balaban J connectivity index is 0.000000312. The molecule has 2 aliphatic rings. The van der Waals surface area contributed by atoms with E-state index in [1.807, 2.05) is 0 Å². The second-order valence-corrected chi connectivity index (χ2v) is 5.39. The summed E-state index contributed by atoms with van der Waals surface area (Å²) in [5.74, 6) is -0.832. The lowest BCUT2D eigenvalue weighted by Gasteiger charge is -2.06. The van der Waals surface area contributed by atoms with Crippen molar-refractivity contribution in [2.24, 2.45) is 0 Å². The molecule has 2 saturated heterocycles. The highest BCUT2D eigenvalue weighted by molar-refractivity contribution is 7.45. The van der Waals surface area contributed by atoms with Crippen molar-refractivity contribution < 1.29 is 38.6 Å². The van der Waals surface area contributed by atoms with Gasteiger partial charge in [0, 0.05) is 5.57 Å². The highest BCUT2D eigenvalue weighted by atomic mass is 31.2. The maximum atomic E-state index is 10.8. The predicted octanol–water partition coefficient (Wildman–Crippen LogP) is 0.0367. The molecule has 0 spiro atoms. The summed E-state index contributed by atoms with van der Waals surface area (Å²) in [6.45, 7) is 3.19. The van der Waals surface area contributed by atoms with Crippen LogP contribution in [0.5, 0.6) is 0 Å². The van der Waals surface area contributed by atoms with Gasteiger partial charge in [0.15, 0.2) is 0 Å². The molecule has 0 aliphatic carbocycles. The normalized spacial score (nSPS) is 24.0. The molecular weight excluding hydrogens is 279 g/mol. The number of phosphoric acid groups is 1. The minimum atomic E-state index is -4.64. The van der Waals surface area contributed by atoms with Crippen molar-refractivity contribution in [2.75, 3.05) is 13.2 Å². The molecule has 2 heterocycles. The van der Waals surface area contributed by atoms with Crippen LogP contribution in [0, 0.1) is 0 Å². The van der Waals surface area contributed by atoms with E-state index in [2.05, 4.69) is 0 Å². The van der Waals surface area contributed by atoms with Crippen molar-refractivity contribution in [3.05, 3.63) is 11.1 Å². The van der Waals surface area contributed by atoms with Gasteiger partial charge in [0.2, 0.25) is 0 Å². The van der Waals surface area contributed by atoms with Crippen LogP contribution in [-0.4, -0.2) is 51.2 Å². The zero-order valence-corrected chi connectivity index (χ0v) is 11.2. The first-order chi connectivity index (χ1) is 8.66. The first-order valence-corrected chi connectivity index (χ1v) is 7.16. The lowest BCUT2D eigenvalue weighted by atomic mass is 10.00. The van der Waals surface area contributed by atoms with E-state index in [-0.39, 0.29) is 12.2 Å². The van der Waals surface area contributed by atoms with E-state index in [0.717, 1.165) is 31.6 Å². The van der Waals surface area contributed by atoms with Crippen molar-refractivity contribution in [2.45, 2.75) is 32.0 Å². The van der Waals surface area contributed by atoms with E-state index >= 15 is 0 Å². The van der Waals surface area contributed by atoms with Crippen LogP contribution in [0.1, 0.15) is 19.8 Å². The maximum absolute atomic E-state index is 10.8. The first-order valence-electron chi connectivity index (χ1n) is 5.60. The molecule has 2 aliphatic heterocycles. The molecule has 0 amide bonds. The molecule has 9 heteroatoms. The van der Waals surface area contributed by atoms with Crippen molar-refractivity contribution in [3.63, 3.8) is 0 Å². The van der Waals surface area contributed by atoms with Gasteiger partial charge in [0.25, 0.3) is 0 Å². The number of aliphatic carboxylic acids is 1. The van der Waals surface area contributed by atoms with Gasteiger partial charge in [-0.3, -0.25) is 0 Å². The Morgan fingerprint density at radius 2 is 1.47 bits per heavy atom. The van der Waals surface area contributed by atoms with Gasteiger partial charge >= 0.3 is 13.8 Å². The fraction of sp³-hybridized carbons (Fsp3) is 0.700. The van der Waals surface area contributed by atoms with Crippen molar-refractivity contribution in [1.29, 1.82) is 0 Å². The Hall–Kier alpha value is -0.760. The second-order valence-electron chi connectivity index (χ2n) is 4.37. The van der Waals surface area contributed by atoms with Gasteiger partial charge in [-0.05, 0) is 19.8 Å². The molecule has 0 radical (unpaired) electrons. The number of carboxylic acids is 1. The summed E-state index contributed by atoms with van der Waals surface area (Å²) >= 11 is 0. The van der Waals surface area contributed by atoms with Gasteiger partial charge in [0.05, 0.1) is 25.4 Å². The van der Waals surface area contributed by atoms with Crippen LogP contribution < -0.4 is 0 Å². The van der Waals surface area contributed by atoms with E-state index in [1.165, 1.54) is 0 Å². The van der Waals surface area contributed by atoms with E-state index < -0.39 is 13.8 Å². The van der Waals surface area contributed by atoms with Crippen molar-refractivity contribution in [1.82, 2.24) is 0 Å². The molecule has 2 atom stereocenters. The van der Waals surface area contributed by atoms with E-state index in [4.69, 9.17) is 33.8 Å². The molecule has 0 aromatic carbocycles. The van der Waals surface area contributed by atoms with Crippen LogP contribution in [0.2, 0.25) is 0 Å². The summed E-state index contributed by atoms with van der Waals surface area (Å²) in [5, 5.41) is 8.88. The van der Waals surface area contributed by atoms with Crippen molar-refractivity contribution in [3.8, 4) is 0 Å². The van der Waals surface area contributed by atoms with E-state index in [9.17, 15) is 4.79 Å². The summed E-state index contributed by atoms with van der Waals surface area (Å²) in [6, 6.07) is 0. The molecule has 2 unspecified atom stereocenters. The summed E-state index contributed by atoms with van der Waals surface area (Å²) in [5.41, 5.74) is 1.43. The second kappa shape index (κ2) is 6.60. The van der Waals surface area contributed by atoms with Crippen LogP contribution in [0.4, 0.5) is 0 Å². The van der Waals surface area contributed by atoms with Crippen molar-refractivity contribution >= 4 is 13.8 Å². The third-order valence-corrected chi connectivity index (χ3v) is 2.60. The fourth-order valence-corrected chi connectivity index (χ4v) is 1.46. The molecule has 4 N–H and O–H groups in total. The quantitative estimate of drug-likeness (QED) is 0.316. The number of rotatable bonds is 5. The average Bonchev–Trinajstić information content (AvgIpc) is 3.06. The summed E-state index contributed by atoms with van der Waals surface area (Å²) in [7, 11) is -4.64. The van der Waals surface area contributed by atoms with Gasteiger partial charge in [-0.1, -0.05) is 5.57 Å². The average molecular weight is 296 g/mol. The Morgan fingerprint density at radius 3 is 1.68 bits per heavy atom. The van der Waals surface area contributed by atoms with Gasteiger partial charge < -0.3 is 29.3 Å². The van der Waals surface area contributed by atoms with Crippen LogP contribution in [0.3, 0.4) is 0 Å². The first kappa shape index (κ1) is 16.3. The highest BCUT2D eigenvalue weighted by Gasteiger charge is 2.30.